The molecule has 4 atom stereocenters. The lowest BCUT2D eigenvalue weighted by Crippen LogP contribution is -2.33. The number of allylic oxidation sites excluding steroid dienone is 3. The average Bonchev–Trinajstić information content (AvgIpc) is 2.56. The van der Waals surface area contributed by atoms with Crippen LogP contribution >= 0.6 is 0 Å². The number of hydrogen-bond acceptors (Lipinski definition) is 3. The Balaban J connectivity index is 1.87. The van der Waals surface area contributed by atoms with Crippen molar-refractivity contribution in [2.75, 3.05) is 0 Å². The Hall–Kier alpha value is -1.66. The van der Waals surface area contributed by atoms with Gasteiger partial charge in [-0.1, -0.05) is 38.5 Å². The lowest BCUT2D eigenvalue weighted by atomic mass is 9.67. The molecule has 1 aromatic heterocycles. The van der Waals surface area contributed by atoms with Crippen LogP contribution in [0.4, 0.5) is 13.2 Å². The van der Waals surface area contributed by atoms with Crippen molar-refractivity contribution in [3.8, 4) is 0 Å². The smallest absolute Gasteiger partial charge is 0.388 e. The normalized spacial score (nSPS) is 31.3. The molecule has 0 spiro atoms. The maximum atomic E-state index is 13.2. The highest BCUT2D eigenvalue weighted by molar-refractivity contribution is 5.52. The van der Waals surface area contributed by atoms with Crippen LogP contribution < -0.4 is 0 Å². The zero-order valence-electron chi connectivity index (χ0n) is 16.6. The highest BCUT2D eigenvalue weighted by Gasteiger charge is 2.44. The third kappa shape index (κ3) is 2.92. The van der Waals surface area contributed by atoms with E-state index in [1.54, 1.807) is 0 Å². The molecule has 0 fully saturated rings. The number of nitrogens with zero attached hydrogens (tertiary/aromatic N) is 1. The van der Waals surface area contributed by atoms with Crippen molar-refractivity contribution in [3.63, 3.8) is 0 Å². The summed E-state index contributed by atoms with van der Waals surface area (Å²) in [5.41, 5.74) is 3.63. The lowest BCUT2D eigenvalue weighted by Gasteiger charge is -2.42. The number of aromatic nitrogens is 1. The number of aliphatic hydroxyl groups is 2. The van der Waals surface area contributed by atoms with Gasteiger partial charge in [0.05, 0.1) is 23.5 Å². The molecular weight excluding hydrogens is 367 g/mol. The molecule has 0 aromatic carbocycles. The van der Waals surface area contributed by atoms with Gasteiger partial charge in [-0.25, -0.2) is 0 Å². The number of fused-ring (bicyclic) bond motifs is 3. The molecule has 3 aliphatic rings. The Morgan fingerprint density at radius 1 is 1.18 bits per heavy atom. The molecule has 4 unspecified atom stereocenters. The molecule has 3 aliphatic carbocycles. The SMILES string of the molecule is Cc1c2c(nc3c1C(O)C1CC=C(C(F)(F)F)C=C1C3C)CC(C)(C)CC2O. The first-order valence-corrected chi connectivity index (χ1v) is 9.79. The van der Waals surface area contributed by atoms with Crippen molar-refractivity contribution in [1.29, 1.82) is 0 Å². The first kappa shape index (κ1) is 19.6. The van der Waals surface area contributed by atoms with E-state index in [-0.39, 0.29) is 23.7 Å². The van der Waals surface area contributed by atoms with Gasteiger partial charge in [-0.15, -0.1) is 0 Å². The number of hydrogen-bond donors (Lipinski definition) is 2. The fourth-order valence-electron chi connectivity index (χ4n) is 5.30. The second-order valence-electron chi connectivity index (χ2n) is 9.27. The van der Waals surface area contributed by atoms with Gasteiger partial charge in [0.1, 0.15) is 0 Å². The Morgan fingerprint density at radius 3 is 2.50 bits per heavy atom. The number of alkyl halides is 3. The summed E-state index contributed by atoms with van der Waals surface area (Å²) >= 11 is 0. The molecule has 152 valence electrons. The molecule has 2 N–H and O–H groups in total. The van der Waals surface area contributed by atoms with Crippen LogP contribution in [-0.4, -0.2) is 21.4 Å². The van der Waals surface area contributed by atoms with Crippen LogP contribution in [0, 0.1) is 18.3 Å². The van der Waals surface area contributed by atoms with Crippen LogP contribution in [-0.2, 0) is 6.42 Å². The van der Waals surface area contributed by atoms with Crippen molar-refractivity contribution >= 4 is 0 Å². The molecule has 0 amide bonds. The zero-order chi connectivity index (χ0) is 20.6. The third-order valence-corrected chi connectivity index (χ3v) is 6.63. The Labute approximate surface area is 163 Å². The topological polar surface area (TPSA) is 53.4 Å². The molecule has 0 radical (unpaired) electrons. The van der Waals surface area contributed by atoms with Crippen molar-refractivity contribution in [1.82, 2.24) is 4.98 Å². The summed E-state index contributed by atoms with van der Waals surface area (Å²) < 4.78 is 39.7. The minimum absolute atomic E-state index is 0.102. The molecule has 0 saturated heterocycles. The molecule has 28 heavy (non-hydrogen) atoms. The molecule has 4 rings (SSSR count). The molecule has 1 heterocycles. The molecule has 6 heteroatoms. The highest BCUT2D eigenvalue weighted by Crippen LogP contribution is 2.52. The van der Waals surface area contributed by atoms with Gasteiger partial charge in [-0.3, -0.25) is 4.98 Å². The fraction of sp³-hybridized carbons (Fsp3) is 0.591. The monoisotopic (exact) mass is 393 g/mol. The van der Waals surface area contributed by atoms with E-state index in [0.717, 1.165) is 16.8 Å². The lowest BCUT2D eigenvalue weighted by molar-refractivity contribution is -0.0891. The summed E-state index contributed by atoms with van der Waals surface area (Å²) in [5, 5.41) is 21.8. The van der Waals surface area contributed by atoms with E-state index >= 15 is 0 Å². The predicted octanol–water partition coefficient (Wildman–Crippen LogP) is 4.98. The fourth-order valence-corrected chi connectivity index (χ4v) is 5.30. The maximum absolute atomic E-state index is 13.2. The van der Waals surface area contributed by atoms with Crippen LogP contribution in [0.15, 0.2) is 23.3 Å². The molecule has 0 aliphatic heterocycles. The van der Waals surface area contributed by atoms with Gasteiger partial charge in [0.15, 0.2) is 0 Å². The van der Waals surface area contributed by atoms with Crippen LogP contribution in [0.3, 0.4) is 0 Å². The van der Waals surface area contributed by atoms with E-state index in [1.165, 1.54) is 12.2 Å². The molecule has 1 aromatic rings. The van der Waals surface area contributed by atoms with Gasteiger partial charge < -0.3 is 10.2 Å². The van der Waals surface area contributed by atoms with Gasteiger partial charge in [0.25, 0.3) is 0 Å². The minimum Gasteiger partial charge on any atom is -0.388 e. The highest BCUT2D eigenvalue weighted by atomic mass is 19.4. The average molecular weight is 393 g/mol. The number of rotatable bonds is 0. The van der Waals surface area contributed by atoms with Crippen molar-refractivity contribution in [2.24, 2.45) is 11.3 Å². The molecule has 0 saturated carbocycles. The zero-order valence-corrected chi connectivity index (χ0v) is 16.6. The second-order valence-corrected chi connectivity index (χ2v) is 9.27. The van der Waals surface area contributed by atoms with E-state index in [2.05, 4.69) is 13.8 Å². The predicted molar refractivity (Wildman–Crippen MR) is 99.7 cm³/mol. The standard InChI is InChI=1S/C22H26F3NO2/c1-10-14-7-12(22(23,24)25)5-6-13(14)20(28)18-11(2)17-15(26-19(10)18)8-21(3,4)9-16(17)27/h5,7,10,13,16,20,27-28H,6,8-9H2,1-4H3. The quantitative estimate of drug-likeness (QED) is 0.654. The number of aliphatic hydroxyl groups excluding tert-OH is 2. The Kier molecular flexibility index (Phi) is 4.33. The summed E-state index contributed by atoms with van der Waals surface area (Å²) in [6, 6.07) is 0. The summed E-state index contributed by atoms with van der Waals surface area (Å²) in [5.74, 6) is -0.690. The van der Waals surface area contributed by atoms with E-state index in [4.69, 9.17) is 4.98 Å². The van der Waals surface area contributed by atoms with Gasteiger partial charge in [0.2, 0.25) is 0 Å². The van der Waals surface area contributed by atoms with Gasteiger partial charge >= 0.3 is 6.18 Å². The number of halogens is 3. The maximum Gasteiger partial charge on any atom is 0.416 e. The first-order chi connectivity index (χ1) is 12.9. The van der Waals surface area contributed by atoms with Crippen LogP contribution in [0.1, 0.15) is 79.8 Å². The van der Waals surface area contributed by atoms with Crippen LogP contribution in [0.25, 0.3) is 0 Å². The summed E-state index contributed by atoms with van der Waals surface area (Å²) in [4.78, 5) is 4.81. The second kappa shape index (κ2) is 6.17. The largest absolute Gasteiger partial charge is 0.416 e. The Morgan fingerprint density at radius 2 is 1.86 bits per heavy atom. The Bertz CT molecular complexity index is 898. The number of pyridine rings is 1. The van der Waals surface area contributed by atoms with Crippen molar-refractivity contribution in [3.05, 3.63) is 51.4 Å². The first-order valence-electron chi connectivity index (χ1n) is 9.79. The van der Waals surface area contributed by atoms with Gasteiger partial charge in [-0.05, 0) is 37.2 Å². The minimum atomic E-state index is -4.39. The van der Waals surface area contributed by atoms with E-state index in [0.29, 0.717) is 29.7 Å². The van der Waals surface area contributed by atoms with E-state index in [1.807, 2.05) is 13.8 Å². The van der Waals surface area contributed by atoms with E-state index < -0.39 is 24.0 Å². The van der Waals surface area contributed by atoms with Crippen LogP contribution in [0.5, 0.6) is 0 Å². The third-order valence-electron chi connectivity index (χ3n) is 6.63. The van der Waals surface area contributed by atoms with Gasteiger partial charge in [0, 0.05) is 28.7 Å². The van der Waals surface area contributed by atoms with Crippen LogP contribution in [0.2, 0.25) is 0 Å². The summed E-state index contributed by atoms with van der Waals surface area (Å²) in [6.45, 7) is 7.92. The molecule has 3 nitrogen and oxygen atoms in total. The molecular formula is C22H26F3NO2. The van der Waals surface area contributed by atoms with Crippen molar-refractivity contribution < 1.29 is 23.4 Å². The van der Waals surface area contributed by atoms with Crippen molar-refractivity contribution in [2.45, 2.75) is 71.3 Å². The van der Waals surface area contributed by atoms with E-state index in [9.17, 15) is 23.4 Å². The van der Waals surface area contributed by atoms with Gasteiger partial charge in [-0.2, -0.15) is 13.2 Å². The summed E-state index contributed by atoms with van der Waals surface area (Å²) in [7, 11) is 0. The summed E-state index contributed by atoms with van der Waals surface area (Å²) in [6.07, 6.45) is -2.10. The molecule has 0 bridgehead atoms.